The Labute approximate surface area is 128 Å². The van der Waals surface area contributed by atoms with Gasteiger partial charge in [-0.2, -0.15) is 5.10 Å². The molecule has 1 aliphatic rings. The van der Waals surface area contributed by atoms with Gasteiger partial charge in [0.2, 0.25) is 0 Å². The number of fused-ring (bicyclic) bond motifs is 1. The van der Waals surface area contributed by atoms with Crippen molar-refractivity contribution in [3.8, 4) is 0 Å². The second kappa shape index (κ2) is 6.62. The highest BCUT2D eigenvalue weighted by molar-refractivity contribution is 5.14. The molecule has 7 heteroatoms. The van der Waals surface area contributed by atoms with Crippen molar-refractivity contribution in [1.82, 2.24) is 14.7 Å². The van der Waals surface area contributed by atoms with Crippen LogP contribution in [0.5, 0.6) is 0 Å². The molecule has 0 spiro atoms. The Morgan fingerprint density at radius 1 is 1.23 bits per heavy atom. The van der Waals surface area contributed by atoms with Crippen LogP contribution in [-0.2, 0) is 26.2 Å². The predicted molar refractivity (Wildman–Crippen MR) is 77.6 cm³/mol. The van der Waals surface area contributed by atoms with Crippen molar-refractivity contribution >= 4 is 0 Å². The number of furan rings is 1. The average molecular weight is 307 g/mol. The van der Waals surface area contributed by atoms with Crippen LogP contribution in [0, 0.1) is 0 Å². The van der Waals surface area contributed by atoms with Gasteiger partial charge in [0.1, 0.15) is 24.2 Å². The normalized spacial score (nSPS) is 17.2. The van der Waals surface area contributed by atoms with Crippen LogP contribution in [0.1, 0.15) is 35.4 Å². The van der Waals surface area contributed by atoms with Crippen molar-refractivity contribution in [3.63, 3.8) is 0 Å². The third-order valence-corrected chi connectivity index (χ3v) is 3.88. The Morgan fingerprint density at radius 3 is 2.77 bits per heavy atom. The van der Waals surface area contributed by atoms with E-state index in [0.717, 1.165) is 31.0 Å². The van der Waals surface area contributed by atoms with E-state index in [0.29, 0.717) is 24.5 Å². The van der Waals surface area contributed by atoms with Gasteiger partial charge in [-0.3, -0.25) is 9.58 Å². The molecule has 0 aliphatic carbocycles. The molecule has 0 fully saturated rings. The van der Waals surface area contributed by atoms with Gasteiger partial charge >= 0.3 is 0 Å². The number of aliphatic hydroxyl groups is 3. The van der Waals surface area contributed by atoms with Crippen molar-refractivity contribution in [1.29, 1.82) is 0 Å². The molecule has 22 heavy (non-hydrogen) atoms. The zero-order valence-corrected chi connectivity index (χ0v) is 12.4. The number of rotatable bonds is 5. The molecule has 1 aliphatic heterocycles. The fourth-order valence-electron chi connectivity index (χ4n) is 2.75. The maximum atomic E-state index is 9.70. The highest BCUT2D eigenvalue weighted by atomic mass is 16.4. The van der Waals surface area contributed by atoms with Crippen LogP contribution in [0.25, 0.3) is 0 Å². The third kappa shape index (κ3) is 3.22. The second-order valence-electron chi connectivity index (χ2n) is 5.57. The lowest BCUT2D eigenvalue weighted by molar-refractivity contribution is 0.0916. The molecule has 2 aromatic heterocycles. The van der Waals surface area contributed by atoms with Crippen LogP contribution in [0.2, 0.25) is 0 Å². The monoisotopic (exact) mass is 307 g/mol. The lowest BCUT2D eigenvalue weighted by Gasteiger charge is -2.17. The van der Waals surface area contributed by atoms with Gasteiger partial charge < -0.3 is 19.7 Å². The van der Waals surface area contributed by atoms with Crippen LogP contribution < -0.4 is 0 Å². The molecular formula is C15H21N3O4. The Hall–Kier alpha value is -1.67. The van der Waals surface area contributed by atoms with Gasteiger partial charge in [0.05, 0.1) is 24.5 Å². The van der Waals surface area contributed by atoms with E-state index in [1.807, 2.05) is 16.8 Å². The first-order valence-corrected chi connectivity index (χ1v) is 7.46. The fraction of sp³-hybridized carbons (Fsp3) is 0.533. The molecule has 0 unspecified atom stereocenters. The van der Waals surface area contributed by atoms with Gasteiger partial charge in [-0.25, -0.2) is 0 Å². The smallest absolute Gasteiger partial charge is 0.129 e. The third-order valence-electron chi connectivity index (χ3n) is 3.88. The van der Waals surface area contributed by atoms with Crippen molar-refractivity contribution in [2.45, 2.75) is 38.8 Å². The zero-order chi connectivity index (χ0) is 15.5. The number of hydrogen-bond donors (Lipinski definition) is 3. The number of aliphatic hydroxyl groups excluding tert-OH is 3. The molecule has 0 bridgehead atoms. The Bertz CT molecular complexity index is 622. The van der Waals surface area contributed by atoms with E-state index in [2.05, 4.69) is 10.00 Å². The van der Waals surface area contributed by atoms with Crippen LogP contribution in [0.15, 0.2) is 22.6 Å². The lowest BCUT2D eigenvalue weighted by Crippen LogP contribution is -2.22. The summed E-state index contributed by atoms with van der Waals surface area (Å²) in [5.41, 5.74) is 1.54. The molecule has 0 aromatic carbocycles. The first-order valence-electron chi connectivity index (χ1n) is 7.46. The van der Waals surface area contributed by atoms with Crippen LogP contribution in [0.4, 0.5) is 0 Å². The van der Waals surface area contributed by atoms with Crippen molar-refractivity contribution < 1.29 is 19.7 Å². The van der Waals surface area contributed by atoms with Gasteiger partial charge in [-0.1, -0.05) is 0 Å². The summed E-state index contributed by atoms with van der Waals surface area (Å²) in [7, 11) is 0. The van der Waals surface area contributed by atoms with E-state index < -0.39 is 6.10 Å². The van der Waals surface area contributed by atoms with Gasteiger partial charge in [0, 0.05) is 19.6 Å². The summed E-state index contributed by atoms with van der Waals surface area (Å²) in [6.45, 7) is 2.69. The zero-order valence-electron chi connectivity index (χ0n) is 12.4. The first-order chi connectivity index (χ1) is 10.7. The van der Waals surface area contributed by atoms with E-state index in [1.165, 1.54) is 0 Å². The summed E-state index contributed by atoms with van der Waals surface area (Å²) in [5.74, 6) is 1.40. The number of aromatic nitrogens is 2. The lowest BCUT2D eigenvalue weighted by atomic mass is 10.2. The Kier molecular flexibility index (Phi) is 4.58. The Morgan fingerprint density at radius 2 is 2.05 bits per heavy atom. The minimum Gasteiger partial charge on any atom is -0.462 e. The van der Waals surface area contributed by atoms with Gasteiger partial charge in [0.25, 0.3) is 0 Å². The van der Waals surface area contributed by atoms with E-state index in [4.69, 9.17) is 14.6 Å². The molecular weight excluding hydrogens is 286 g/mol. The molecule has 3 N–H and O–H groups in total. The molecule has 0 radical (unpaired) electrons. The summed E-state index contributed by atoms with van der Waals surface area (Å²) in [6.07, 6.45) is 0.0294. The molecule has 1 atom stereocenters. The molecule has 0 saturated carbocycles. The van der Waals surface area contributed by atoms with Crippen molar-refractivity contribution in [2.24, 2.45) is 0 Å². The van der Waals surface area contributed by atoms with Gasteiger partial charge in [0.15, 0.2) is 0 Å². The topological polar surface area (TPSA) is 94.9 Å². The van der Waals surface area contributed by atoms with E-state index in [9.17, 15) is 5.11 Å². The van der Waals surface area contributed by atoms with Gasteiger partial charge in [-0.15, -0.1) is 0 Å². The first kappa shape index (κ1) is 15.2. The SMILES string of the molecule is OCc1ccc(CN2CCCn3nc([C@H](O)CO)cc3C2)o1. The van der Waals surface area contributed by atoms with Crippen molar-refractivity contribution in [2.75, 3.05) is 13.2 Å². The van der Waals surface area contributed by atoms with Crippen molar-refractivity contribution in [3.05, 3.63) is 41.1 Å². The minimum atomic E-state index is -0.926. The summed E-state index contributed by atoms with van der Waals surface area (Å²) >= 11 is 0. The maximum absolute atomic E-state index is 9.70. The molecule has 3 rings (SSSR count). The molecule has 2 aromatic rings. The molecule has 3 heterocycles. The molecule has 120 valence electrons. The van der Waals surface area contributed by atoms with Crippen LogP contribution in [0.3, 0.4) is 0 Å². The maximum Gasteiger partial charge on any atom is 0.129 e. The molecule has 0 amide bonds. The molecule has 7 nitrogen and oxygen atoms in total. The summed E-state index contributed by atoms with van der Waals surface area (Å²) in [5, 5.41) is 32.1. The largest absolute Gasteiger partial charge is 0.462 e. The highest BCUT2D eigenvalue weighted by Crippen LogP contribution is 2.20. The standard InChI is InChI=1S/C15H21N3O4/c19-9-13-3-2-12(22-13)8-17-4-1-5-18-11(7-17)6-14(16-18)15(21)10-20/h2-3,6,15,19-21H,1,4-5,7-10H2/t15-/m1/s1. The number of nitrogens with zero attached hydrogens (tertiary/aromatic N) is 3. The minimum absolute atomic E-state index is 0.0881. The highest BCUT2D eigenvalue weighted by Gasteiger charge is 2.20. The summed E-state index contributed by atoms with van der Waals surface area (Å²) in [6, 6.07) is 5.52. The van der Waals surface area contributed by atoms with Crippen LogP contribution >= 0.6 is 0 Å². The summed E-state index contributed by atoms with van der Waals surface area (Å²) in [4.78, 5) is 2.25. The Balaban J connectivity index is 1.71. The summed E-state index contributed by atoms with van der Waals surface area (Å²) < 4.78 is 7.44. The van der Waals surface area contributed by atoms with E-state index in [1.54, 1.807) is 6.07 Å². The average Bonchev–Trinajstić information content (AvgIpc) is 3.09. The van der Waals surface area contributed by atoms with E-state index in [-0.39, 0.29) is 13.2 Å². The van der Waals surface area contributed by atoms with E-state index >= 15 is 0 Å². The second-order valence-corrected chi connectivity index (χ2v) is 5.57. The fourth-order valence-corrected chi connectivity index (χ4v) is 2.75. The predicted octanol–water partition coefficient (Wildman–Crippen LogP) is 0.400. The molecule has 0 saturated heterocycles. The van der Waals surface area contributed by atoms with Crippen LogP contribution in [-0.4, -0.2) is 43.2 Å². The number of aryl methyl sites for hydroxylation is 1. The number of hydrogen-bond acceptors (Lipinski definition) is 6. The quantitative estimate of drug-likeness (QED) is 0.740. The van der Waals surface area contributed by atoms with Gasteiger partial charge in [-0.05, 0) is 24.6 Å².